The summed E-state index contributed by atoms with van der Waals surface area (Å²) in [4.78, 5) is 11.2. The Kier molecular flexibility index (Phi) is 5.25. The molecule has 0 amide bonds. The molecule has 0 aliphatic rings. The Balaban J connectivity index is 3.72. The third-order valence-corrected chi connectivity index (χ3v) is 2.37. The molecular weight excluding hydrogens is 240 g/mol. The molecule has 1 unspecified atom stereocenters. The minimum atomic E-state index is -0.143. The number of thioether (sulfide) groups is 1. The fourth-order valence-corrected chi connectivity index (χ4v) is 0.831. The van der Waals surface area contributed by atoms with Gasteiger partial charge in [0.2, 0.25) is 0 Å². The fourth-order valence-electron chi connectivity index (χ4n) is 0.456. The van der Waals surface area contributed by atoms with Crippen LogP contribution < -0.4 is 0 Å². The van der Waals surface area contributed by atoms with Gasteiger partial charge in [0.25, 0.3) is 0 Å². The highest BCUT2D eigenvalue weighted by Gasteiger charge is 2.18. The van der Waals surface area contributed by atoms with Crippen molar-refractivity contribution in [3.8, 4) is 0 Å². The number of rotatable bonds is 4. The molecule has 2 nitrogen and oxygen atoms in total. The predicted octanol–water partition coefficient (Wildman–Crippen LogP) is 2.45. The van der Waals surface area contributed by atoms with Gasteiger partial charge < -0.3 is 4.74 Å². The molecule has 0 N–H and O–H groups in total. The van der Waals surface area contributed by atoms with Crippen LogP contribution >= 0.6 is 27.7 Å². The Hall–Kier alpha value is 0.300. The zero-order valence-corrected chi connectivity index (χ0v) is 10.3. The third-order valence-electron chi connectivity index (χ3n) is 1.24. The first-order valence-electron chi connectivity index (χ1n) is 3.75. The average molecular weight is 255 g/mol. The van der Waals surface area contributed by atoms with E-state index in [1.165, 1.54) is 11.8 Å². The Morgan fingerprint density at radius 2 is 2.17 bits per heavy atom. The molecule has 0 radical (unpaired) electrons. The third kappa shape index (κ3) is 5.89. The zero-order chi connectivity index (χ0) is 9.78. The lowest BCUT2D eigenvalue weighted by Crippen LogP contribution is -2.25. The molecule has 0 fully saturated rings. The van der Waals surface area contributed by atoms with E-state index in [1.54, 1.807) is 0 Å². The van der Waals surface area contributed by atoms with E-state index >= 15 is 0 Å². The summed E-state index contributed by atoms with van der Waals surface area (Å²) < 4.78 is 4.93. The van der Waals surface area contributed by atoms with Crippen LogP contribution in [0.3, 0.4) is 0 Å². The van der Waals surface area contributed by atoms with E-state index in [4.69, 9.17) is 4.74 Å². The molecule has 0 aromatic heterocycles. The van der Waals surface area contributed by atoms with Crippen molar-refractivity contribution in [2.75, 3.05) is 12.9 Å². The quantitative estimate of drug-likeness (QED) is 0.570. The normalized spacial score (nSPS) is 14.1. The summed E-state index contributed by atoms with van der Waals surface area (Å²) in [6.45, 7) is 6.18. The molecule has 0 aromatic rings. The minimum absolute atomic E-state index is 0.0696. The van der Waals surface area contributed by atoms with E-state index in [2.05, 4.69) is 15.9 Å². The molecule has 12 heavy (non-hydrogen) atoms. The van der Waals surface area contributed by atoms with Gasteiger partial charge in [0.05, 0.1) is 9.57 Å². The lowest BCUT2D eigenvalue weighted by molar-refractivity contribution is -0.143. The van der Waals surface area contributed by atoms with E-state index in [0.29, 0.717) is 6.61 Å². The molecule has 1 atom stereocenters. The highest BCUT2D eigenvalue weighted by Crippen LogP contribution is 2.17. The van der Waals surface area contributed by atoms with Gasteiger partial charge in [-0.3, -0.25) is 4.79 Å². The Bertz CT molecular complexity index is 154. The van der Waals surface area contributed by atoms with E-state index < -0.39 is 0 Å². The number of esters is 1. The van der Waals surface area contributed by atoms with Gasteiger partial charge in [-0.05, 0) is 27.0 Å². The Labute approximate surface area is 86.6 Å². The van der Waals surface area contributed by atoms with Crippen molar-refractivity contribution >= 4 is 33.7 Å². The standard InChI is InChI=1S/C8H15BrO2S/c1-6(12-4)7(10)11-5-8(2,3)9/h6H,5H2,1-4H3. The number of hydrogen-bond donors (Lipinski definition) is 0. The summed E-state index contributed by atoms with van der Waals surface area (Å²) in [5, 5.41) is -0.0696. The van der Waals surface area contributed by atoms with Gasteiger partial charge in [-0.1, -0.05) is 15.9 Å². The van der Waals surface area contributed by atoms with Crippen molar-refractivity contribution in [1.82, 2.24) is 0 Å². The molecule has 0 saturated carbocycles. The summed E-state index contributed by atoms with van der Waals surface area (Å²) >= 11 is 4.89. The molecule has 4 heteroatoms. The lowest BCUT2D eigenvalue weighted by atomic mass is 10.2. The van der Waals surface area contributed by atoms with E-state index in [0.717, 1.165) is 0 Å². The molecule has 0 aromatic carbocycles. The number of hydrogen-bond acceptors (Lipinski definition) is 3. The van der Waals surface area contributed by atoms with Gasteiger partial charge in [-0.15, -0.1) is 0 Å². The van der Waals surface area contributed by atoms with Gasteiger partial charge in [0.15, 0.2) is 0 Å². The van der Waals surface area contributed by atoms with Crippen molar-refractivity contribution in [2.45, 2.75) is 30.3 Å². The van der Waals surface area contributed by atoms with Crippen molar-refractivity contribution in [3.05, 3.63) is 0 Å². The second kappa shape index (κ2) is 5.12. The van der Waals surface area contributed by atoms with Crippen molar-refractivity contribution in [1.29, 1.82) is 0 Å². The maximum atomic E-state index is 11.2. The number of carbonyl (C=O) groups is 1. The molecule has 0 saturated heterocycles. The summed E-state index contributed by atoms with van der Waals surface area (Å²) in [7, 11) is 0. The minimum Gasteiger partial charge on any atom is -0.463 e. The molecule has 0 heterocycles. The van der Waals surface area contributed by atoms with Gasteiger partial charge in [-0.25, -0.2) is 0 Å². The molecular formula is C8H15BrO2S. The fraction of sp³-hybridized carbons (Fsp3) is 0.875. The molecule has 0 aliphatic heterocycles. The van der Waals surface area contributed by atoms with Crippen LogP contribution in [0.5, 0.6) is 0 Å². The van der Waals surface area contributed by atoms with Gasteiger partial charge in [0, 0.05) is 0 Å². The van der Waals surface area contributed by atoms with Crippen molar-refractivity contribution < 1.29 is 9.53 Å². The average Bonchev–Trinajstić information content (AvgIpc) is 1.97. The SMILES string of the molecule is CSC(C)C(=O)OCC(C)(C)Br. The smallest absolute Gasteiger partial charge is 0.318 e. The second-order valence-corrected chi connectivity index (χ2v) is 6.53. The maximum Gasteiger partial charge on any atom is 0.318 e. The summed E-state index contributed by atoms with van der Waals surface area (Å²) in [5.41, 5.74) is 0. The van der Waals surface area contributed by atoms with Crippen LogP contribution in [0.15, 0.2) is 0 Å². The predicted molar refractivity (Wildman–Crippen MR) is 56.9 cm³/mol. The van der Waals surface area contributed by atoms with Gasteiger partial charge in [-0.2, -0.15) is 11.8 Å². The highest BCUT2D eigenvalue weighted by atomic mass is 79.9. The van der Waals surface area contributed by atoms with E-state index in [1.807, 2.05) is 27.0 Å². The molecule has 72 valence electrons. The second-order valence-electron chi connectivity index (χ2n) is 3.20. The molecule has 0 bridgehead atoms. The zero-order valence-electron chi connectivity index (χ0n) is 7.89. The number of halogens is 1. The van der Waals surface area contributed by atoms with Gasteiger partial charge in [0.1, 0.15) is 6.61 Å². The first kappa shape index (κ1) is 12.3. The van der Waals surface area contributed by atoms with Crippen molar-refractivity contribution in [3.63, 3.8) is 0 Å². The maximum absolute atomic E-state index is 11.2. The van der Waals surface area contributed by atoms with Gasteiger partial charge >= 0.3 is 5.97 Å². The highest BCUT2D eigenvalue weighted by molar-refractivity contribution is 9.10. The lowest BCUT2D eigenvalue weighted by Gasteiger charge is -2.17. The molecule has 0 rings (SSSR count). The van der Waals surface area contributed by atoms with Crippen LogP contribution in [0.4, 0.5) is 0 Å². The van der Waals surface area contributed by atoms with Crippen LogP contribution in [0.25, 0.3) is 0 Å². The van der Waals surface area contributed by atoms with Crippen LogP contribution in [0.2, 0.25) is 0 Å². The van der Waals surface area contributed by atoms with Crippen molar-refractivity contribution in [2.24, 2.45) is 0 Å². The number of ether oxygens (including phenoxy) is 1. The first-order chi connectivity index (χ1) is 5.37. The van der Waals surface area contributed by atoms with Crippen LogP contribution in [-0.4, -0.2) is 28.4 Å². The molecule has 0 aliphatic carbocycles. The largest absolute Gasteiger partial charge is 0.463 e. The van der Waals surface area contributed by atoms with Crippen LogP contribution in [0, 0.1) is 0 Å². The summed E-state index contributed by atoms with van der Waals surface area (Å²) in [6.07, 6.45) is 1.89. The van der Waals surface area contributed by atoms with Crippen LogP contribution in [0.1, 0.15) is 20.8 Å². The Morgan fingerprint density at radius 1 is 1.67 bits per heavy atom. The first-order valence-corrected chi connectivity index (χ1v) is 5.83. The monoisotopic (exact) mass is 254 g/mol. The van der Waals surface area contributed by atoms with E-state index in [9.17, 15) is 4.79 Å². The topological polar surface area (TPSA) is 26.3 Å². The number of carbonyl (C=O) groups excluding carboxylic acids is 1. The summed E-state index contributed by atoms with van der Waals surface area (Å²) in [5.74, 6) is -0.143. The Morgan fingerprint density at radius 3 is 2.50 bits per heavy atom. The van der Waals surface area contributed by atoms with Crippen LogP contribution in [-0.2, 0) is 9.53 Å². The van der Waals surface area contributed by atoms with E-state index in [-0.39, 0.29) is 15.5 Å². The number of alkyl halides is 1. The summed E-state index contributed by atoms with van der Waals surface area (Å²) in [6, 6.07) is 0. The molecule has 0 spiro atoms.